The molecular formula is C5H11NO. The van der Waals surface area contributed by atoms with E-state index in [1.54, 1.807) is 6.08 Å². The summed E-state index contributed by atoms with van der Waals surface area (Å²) in [5.74, 6) is 0. The molecule has 0 aliphatic rings. The van der Waals surface area contributed by atoms with Crippen LogP contribution in [-0.4, -0.2) is 17.8 Å². The minimum Gasteiger partial charge on any atom is -0.396 e. The van der Waals surface area contributed by atoms with Crippen molar-refractivity contribution in [1.82, 2.24) is 0 Å². The molecule has 3 N–H and O–H groups in total. The van der Waals surface area contributed by atoms with E-state index in [-0.39, 0.29) is 12.6 Å². The first-order chi connectivity index (χ1) is 3.31. The number of aliphatic hydroxyl groups excluding tert-OH is 1. The van der Waals surface area contributed by atoms with Crippen molar-refractivity contribution in [3.63, 3.8) is 0 Å². The van der Waals surface area contributed by atoms with Gasteiger partial charge in [-0.1, -0.05) is 6.08 Å². The minimum atomic E-state index is -0.0370. The molecule has 0 bridgehead atoms. The second-order valence-corrected chi connectivity index (χ2v) is 1.41. The van der Waals surface area contributed by atoms with Crippen LogP contribution in [0.5, 0.6) is 0 Å². The van der Waals surface area contributed by atoms with Crippen LogP contribution in [-0.2, 0) is 0 Å². The van der Waals surface area contributed by atoms with Gasteiger partial charge in [-0.15, -0.1) is 6.58 Å². The number of aliphatic hydroxyl groups is 1. The van der Waals surface area contributed by atoms with E-state index >= 15 is 0 Å². The Morgan fingerprint density at radius 3 is 2.57 bits per heavy atom. The highest BCUT2D eigenvalue weighted by Crippen LogP contribution is 1.83. The van der Waals surface area contributed by atoms with Gasteiger partial charge in [0.15, 0.2) is 0 Å². The number of nitrogens with two attached hydrogens (primary N) is 1. The molecule has 2 nitrogen and oxygen atoms in total. The van der Waals surface area contributed by atoms with E-state index in [4.69, 9.17) is 10.8 Å². The van der Waals surface area contributed by atoms with E-state index in [9.17, 15) is 0 Å². The maximum absolute atomic E-state index is 8.24. The zero-order valence-electron chi connectivity index (χ0n) is 4.30. The molecule has 2 heteroatoms. The molecule has 1 atom stereocenters. The maximum atomic E-state index is 8.24. The van der Waals surface area contributed by atoms with Crippen LogP contribution in [0.4, 0.5) is 0 Å². The molecule has 0 aromatic rings. The van der Waals surface area contributed by atoms with Gasteiger partial charge in [0.1, 0.15) is 0 Å². The second-order valence-electron chi connectivity index (χ2n) is 1.41. The van der Waals surface area contributed by atoms with Gasteiger partial charge >= 0.3 is 0 Å². The van der Waals surface area contributed by atoms with E-state index in [0.29, 0.717) is 6.42 Å². The lowest BCUT2D eigenvalue weighted by Gasteiger charge is -1.98. The summed E-state index contributed by atoms with van der Waals surface area (Å²) in [6.07, 6.45) is 2.24. The third-order valence-electron chi connectivity index (χ3n) is 0.765. The summed E-state index contributed by atoms with van der Waals surface area (Å²) in [6.45, 7) is 3.59. The number of hydrogen-bond donors (Lipinski definition) is 2. The van der Waals surface area contributed by atoms with Crippen molar-refractivity contribution >= 4 is 0 Å². The van der Waals surface area contributed by atoms with Gasteiger partial charge in [-0.25, -0.2) is 0 Å². The second kappa shape index (κ2) is 3.84. The summed E-state index contributed by atoms with van der Waals surface area (Å²) >= 11 is 0. The lowest BCUT2D eigenvalue weighted by molar-refractivity contribution is 0.283. The van der Waals surface area contributed by atoms with E-state index in [0.717, 1.165) is 0 Å². The van der Waals surface area contributed by atoms with E-state index in [1.165, 1.54) is 0 Å². The van der Waals surface area contributed by atoms with Gasteiger partial charge in [-0.05, 0) is 6.42 Å². The zero-order valence-corrected chi connectivity index (χ0v) is 4.30. The van der Waals surface area contributed by atoms with Crippen LogP contribution in [0.2, 0.25) is 0 Å². The van der Waals surface area contributed by atoms with Gasteiger partial charge in [0.2, 0.25) is 0 Å². The quantitative estimate of drug-likeness (QED) is 0.487. The van der Waals surface area contributed by atoms with Crippen molar-refractivity contribution in [1.29, 1.82) is 0 Å². The monoisotopic (exact) mass is 101 g/mol. The van der Waals surface area contributed by atoms with Gasteiger partial charge in [0.25, 0.3) is 0 Å². The normalized spacial score (nSPS) is 13.4. The standard InChI is InChI=1S/C5H11NO/c1-2-5(6)3-4-7/h2,5,7H,1,3-4,6H2/t5-/m1/s1. The fraction of sp³-hybridized carbons (Fsp3) is 0.600. The first-order valence-electron chi connectivity index (χ1n) is 2.30. The summed E-state index contributed by atoms with van der Waals surface area (Å²) < 4.78 is 0. The summed E-state index contributed by atoms with van der Waals surface area (Å²) in [4.78, 5) is 0. The molecular weight excluding hydrogens is 90.1 g/mol. The molecule has 0 aromatic heterocycles. The Kier molecular flexibility index (Phi) is 3.65. The zero-order chi connectivity index (χ0) is 5.70. The first-order valence-corrected chi connectivity index (χ1v) is 2.30. The summed E-state index contributed by atoms with van der Waals surface area (Å²) in [5.41, 5.74) is 5.31. The topological polar surface area (TPSA) is 46.2 Å². The number of rotatable bonds is 3. The summed E-state index contributed by atoms with van der Waals surface area (Å²) in [6, 6.07) is -0.0370. The predicted molar refractivity (Wildman–Crippen MR) is 29.9 cm³/mol. The Morgan fingerprint density at radius 1 is 1.86 bits per heavy atom. The Hall–Kier alpha value is -0.340. The molecule has 7 heavy (non-hydrogen) atoms. The van der Waals surface area contributed by atoms with Crippen LogP contribution in [0.15, 0.2) is 12.7 Å². The highest BCUT2D eigenvalue weighted by molar-refractivity contribution is 4.81. The fourth-order valence-corrected chi connectivity index (χ4v) is 0.267. The minimum absolute atomic E-state index is 0.0370. The third kappa shape index (κ3) is 3.49. The average molecular weight is 101 g/mol. The molecule has 0 heterocycles. The van der Waals surface area contributed by atoms with E-state index in [1.807, 2.05) is 0 Å². The molecule has 0 spiro atoms. The smallest absolute Gasteiger partial charge is 0.0448 e. The van der Waals surface area contributed by atoms with Crippen LogP contribution in [0.3, 0.4) is 0 Å². The fourth-order valence-electron chi connectivity index (χ4n) is 0.267. The van der Waals surface area contributed by atoms with Gasteiger partial charge in [-0.2, -0.15) is 0 Å². The summed E-state index contributed by atoms with van der Waals surface area (Å²) in [5, 5.41) is 8.24. The molecule has 0 amide bonds. The number of hydrogen-bond acceptors (Lipinski definition) is 2. The van der Waals surface area contributed by atoms with Crippen molar-refractivity contribution in [2.45, 2.75) is 12.5 Å². The summed E-state index contributed by atoms with van der Waals surface area (Å²) in [7, 11) is 0. The van der Waals surface area contributed by atoms with Crippen molar-refractivity contribution in [3.05, 3.63) is 12.7 Å². The van der Waals surface area contributed by atoms with Crippen LogP contribution in [0, 0.1) is 0 Å². The molecule has 0 saturated carbocycles. The molecule has 0 saturated heterocycles. The Labute approximate surface area is 43.6 Å². The average Bonchev–Trinajstić information content (AvgIpc) is 1.68. The SMILES string of the molecule is C=C[C@@H](N)CCO. The Balaban J connectivity index is 2.98. The predicted octanol–water partition coefficient (Wildman–Crippen LogP) is -0.118. The van der Waals surface area contributed by atoms with Crippen molar-refractivity contribution in [2.24, 2.45) is 5.73 Å². The lowest BCUT2D eigenvalue weighted by atomic mass is 10.2. The Morgan fingerprint density at radius 2 is 2.43 bits per heavy atom. The molecule has 0 aromatic carbocycles. The van der Waals surface area contributed by atoms with Gasteiger partial charge in [0.05, 0.1) is 0 Å². The van der Waals surface area contributed by atoms with Gasteiger partial charge in [-0.3, -0.25) is 0 Å². The van der Waals surface area contributed by atoms with Crippen LogP contribution >= 0.6 is 0 Å². The van der Waals surface area contributed by atoms with Crippen LogP contribution in [0.25, 0.3) is 0 Å². The highest BCUT2D eigenvalue weighted by atomic mass is 16.3. The molecule has 0 rings (SSSR count). The van der Waals surface area contributed by atoms with Crippen LogP contribution in [0.1, 0.15) is 6.42 Å². The van der Waals surface area contributed by atoms with Gasteiger partial charge in [0, 0.05) is 12.6 Å². The Bertz CT molecular complexity index is 54.0. The first kappa shape index (κ1) is 6.66. The van der Waals surface area contributed by atoms with Gasteiger partial charge < -0.3 is 10.8 Å². The van der Waals surface area contributed by atoms with Crippen molar-refractivity contribution < 1.29 is 5.11 Å². The molecule has 0 fully saturated rings. The van der Waals surface area contributed by atoms with Crippen LogP contribution < -0.4 is 5.73 Å². The largest absolute Gasteiger partial charge is 0.396 e. The molecule has 0 radical (unpaired) electrons. The molecule has 0 unspecified atom stereocenters. The maximum Gasteiger partial charge on any atom is 0.0448 e. The lowest BCUT2D eigenvalue weighted by Crippen LogP contribution is -2.17. The van der Waals surface area contributed by atoms with Crippen molar-refractivity contribution in [2.75, 3.05) is 6.61 Å². The van der Waals surface area contributed by atoms with E-state index < -0.39 is 0 Å². The van der Waals surface area contributed by atoms with E-state index in [2.05, 4.69) is 6.58 Å². The molecule has 0 aliphatic carbocycles. The molecule has 0 aliphatic heterocycles. The highest BCUT2D eigenvalue weighted by Gasteiger charge is 1.90. The molecule has 42 valence electrons. The third-order valence-corrected chi connectivity index (χ3v) is 0.765. The van der Waals surface area contributed by atoms with Crippen molar-refractivity contribution in [3.8, 4) is 0 Å².